The third-order valence-corrected chi connectivity index (χ3v) is 6.33. The molecule has 0 saturated heterocycles. The molecule has 0 radical (unpaired) electrons. The summed E-state index contributed by atoms with van der Waals surface area (Å²) in [5.74, 6) is 0. The highest BCUT2D eigenvalue weighted by Gasteiger charge is 2.26. The first-order chi connectivity index (χ1) is 17.0. The predicted octanol–water partition coefficient (Wildman–Crippen LogP) is 9.62. The van der Waals surface area contributed by atoms with Crippen LogP contribution in [0.2, 0.25) is 0 Å². The van der Waals surface area contributed by atoms with Gasteiger partial charge in [-0.2, -0.15) is 0 Å². The van der Waals surface area contributed by atoms with Crippen LogP contribution in [0.3, 0.4) is 0 Å². The highest BCUT2D eigenvalue weighted by molar-refractivity contribution is 5.87. The molecule has 5 aromatic rings. The van der Waals surface area contributed by atoms with E-state index in [1.165, 1.54) is 44.8 Å². The first kappa shape index (κ1) is 22.7. The average molecular weight is 454 g/mol. The number of anilines is 2. The molecule has 0 saturated carbocycles. The van der Waals surface area contributed by atoms with Crippen molar-refractivity contribution >= 4 is 11.4 Å². The lowest BCUT2D eigenvalue weighted by Crippen LogP contribution is -2.38. The number of nitrogens with zero attached hydrogens (tertiary/aromatic N) is 1. The molecule has 0 N–H and O–H groups in total. The van der Waals surface area contributed by atoms with Crippen LogP contribution < -0.4 is 4.90 Å². The van der Waals surface area contributed by atoms with Gasteiger partial charge in [-0.3, -0.25) is 0 Å². The highest BCUT2D eigenvalue weighted by Crippen LogP contribution is 2.42. The van der Waals surface area contributed by atoms with Crippen LogP contribution >= 0.6 is 0 Å². The van der Waals surface area contributed by atoms with Gasteiger partial charge in [-0.05, 0) is 66.8 Å². The van der Waals surface area contributed by atoms with Crippen molar-refractivity contribution in [2.45, 2.75) is 26.3 Å². The third-order valence-electron chi connectivity index (χ3n) is 6.33. The molecule has 0 aliphatic carbocycles. The molecule has 172 valence electrons. The van der Waals surface area contributed by atoms with E-state index in [1.54, 1.807) is 0 Å². The van der Waals surface area contributed by atoms with Crippen LogP contribution in [0.15, 0.2) is 133 Å². The summed E-state index contributed by atoms with van der Waals surface area (Å²) in [7, 11) is 0. The Kier molecular flexibility index (Phi) is 6.25. The van der Waals surface area contributed by atoms with Crippen molar-refractivity contribution < 1.29 is 0 Å². The summed E-state index contributed by atoms with van der Waals surface area (Å²) in [6.07, 6.45) is 0. The Hall–Kier alpha value is -4.10. The molecule has 0 amide bonds. The second kappa shape index (κ2) is 9.64. The van der Waals surface area contributed by atoms with Crippen LogP contribution in [0.1, 0.15) is 20.8 Å². The van der Waals surface area contributed by atoms with Crippen molar-refractivity contribution in [3.8, 4) is 33.4 Å². The standard InChI is InChI=1S/C34H31N/c1-34(2,3)35(31-22-19-28(20-23-31)26-13-7-4-8-14-26)33-25-30(27-15-9-5-10-16-27)21-24-32(33)29-17-11-6-12-18-29/h4-25H,1-3H3. The fourth-order valence-electron chi connectivity index (χ4n) is 4.71. The fourth-order valence-corrected chi connectivity index (χ4v) is 4.71. The molecular weight excluding hydrogens is 422 g/mol. The summed E-state index contributed by atoms with van der Waals surface area (Å²) >= 11 is 0. The Morgan fingerprint density at radius 1 is 0.429 bits per heavy atom. The Morgan fingerprint density at radius 3 is 1.37 bits per heavy atom. The molecule has 5 rings (SSSR count). The van der Waals surface area contributed by atoms with Gasteiger partial charge >= 0.3 is 0 Å². The van der Waals surface area contributed by atoms with Crippen molar-refractivity contribution in [2.75, 3.05) is 4.90 Å². The van der Waals surface area contributed by atoms with E-state index in [2.05, 4.69) is 159 Å². The summed E-state index contributed by atoms with van der Waals surface area (Å²) in [6.45, 7) is 6.84. The molecular formula is C34H31N. The lowest BCUT2D eigenvalue weighted by atomic mass is 9.94. The van der Waals surface area contributed by atoms with Gasteiger partial charge in [-0.15, -0.1) is 0 Å². The molecule has 0 atom stereocenters. The molecule has 0 aliphatic heterocycles. The Morgan fingerprint density at radius 2 is 0.857 bits per heavy atom. The highest BCUT2D eigenvalue weighted by atomic mass is 15.2. The van der Waals surface area contributed by atoms with E-state index in [1.807, 2.05) is 0 Å². The van der Waals surface area contributed by atoms with Gasteiger partial charge < -0.3 is 4.90 Å². The zero-order chi connectivity index (χ0) is 24.3. The van der Waals surface area contributed by atoms with Gasteiger partial charge in [-0.25, -0.2) is 0 Å². The van der Waals surface area contributed by atoms with Crippen molar-refractivity contribution in [1.82, 2.24) is 0 Å². The zero-order valence-corrected chi connectivity index (χ0v) is 20.6. The predicted molar refractivity (Wildman–Crippen MR) is 151 cm³/mol. The lowest BCUT2D eigenvalue weighted by molar-refractivity contribution is 0.561. The minimum absolute atomic E-state index is 0.132. The summed E-state index contributed by atoms with van der Waals surface area (Å²) < 4.78 is 0. The minimum Gasteiger partial charge on any atom is -0.336 e. The van der Waals surface area contributed by atoms with Gasteiger partial charge in [0, 0.05) is 16.8 Å². The summed E-state index contributed by atoms with van der Waals surface area (Å²) in [6, 6.07) is 47.7. The normalized spacial score (nSPS) is 11.3. The van der Waals surface area contributed by atoms with Crippen LogP contribution in [0.25, 0.3) is 33.4 Å². The molecule has 0 spiro atoms. The van der Waals surface area contributed by atoms with E-state index in [4.69, 9.17) is 0 Å². The molecule has 0 aliphatic rings. The summed E-state index contributed by atoms with van der Waals surface area (Å²) in [5.41, 5.74) is 9.60. The van der Waals surface area contributed by atoms with Crippen molar-refractivity contribution in [3.05, 3.63) is 133 Å². The molecule has 0 bridgehead atoms. The number of hydrogen-bond donors (Lipinski definition) is 0. The Balaban J connectivity index is 1.67. The number of rotatable bonds is 5. The van der Waals surface area contributed by atoms with E-state index in [9.17, 15) is 0 Å². The first-order valence-electron chi connectivity index (χ1n) is 12.2. The van der Waals surface area contributed by atoms with Crippen LogP contribution in [-0.4, -0.2) is 5.54 Å². The maximum absolute atomic E-state index is 2.47. The van der Waals surface area contributed by atoms with Gasteiger partial charge in [0.1, 0.15) is 0 Å². The van der Waals surface area contributed by atoms with E-state index in [0.29, 0.717) is 0 Å². The Bertz CT molecular complexity index is 1380. The molecule has 0 fully saturated rings. The average Bonchev–Trinajstić information content (AvgIpc) is 2.90. The molecule has 0 aromatic heterocycles. The summed E-state index contributed by atoms with van der Waals surface area (Å²) in [4.78, 5) is 2.47. The quantitative estimate of drug-likeness (QED) is 0.256. The van der Waals surface area contributed by atoms with Gasteiger partial charge in [0.05, 0.1) is 5.69 Å². The molecule has 0 heterocycles. The first-order valence-corrected chi connectivity index (χ1v) is 12.2. The van der Waals surface area contributed by atoms with Crippen LogP contribution in [0.5, 0.6) is 0 Å². The second-order valence-electron chi connectivity index (χ2n) is 9.88. The van der Waals surface area contributed by atoms with Crippen LogP contribution in [0.4, 0.5) is 11.4 Å². The van der Waals surface area contributed by atoms with E-state index in [-0.39, 0.29) is 5.54 Å². The van der Waals surface area contributed by atoms with Crippen LogP contribution in [-0.2, 0) is 0 Å². The smallest absolute Gasteiger partial charge is 0.0501 e. The van der Waals surface area contributed by atoms with Gasteiger partial charge in [-0.1, -0.05) is 115 Å². The van der Waals surface area contributed by atoms with Gasteiger partial charge in [0.15, 0.2) is 0 Å². The molecule has 1 nitrogen and oxygen atoms in total. The zero-order valence-electron chi connectivity index (χ0n) is 20.6. The van der Waals surface area contributed by atoms with Crippen molar-refractivity contribution in [2.24, 2.45) is 0 Å². The van der Waals surface area contributed by atoms with E-state index in [0.717, 1.165) is 0 Å². The van der Waals surface area contributed by atoms with Crippen molar-refractivity contribution in [3.63, 3.8) is 0 Å². The second-order valence-corrected chi connectivity index (χ2v) is 9.88. The van der Waals surface area contributed by atoms with E-state index < -0.39 is 0 Å². The van der Waals surface area contributed by atoms with Gasteiger partial charge in [0.25, 0.3) is 0 Å². The molecule has 0 unspecified atom stereocenters. The lowest BCUT2D eigenvalue weighted by Gasteiger charge is -2.39. The Labute approximate surface area is 209 Å². The maximum atomic E-state index is 2.47. The molecule has 5 aromatic carbocycles. The summed E-state index contributed by atoms with van der Waals surface area (Å²) in [5, 5.41) is 0. The SMILES string of the molecule is CC(C)(C)N(c1ccc(-c2ccccc2)cc1)c1cc(-c2ccccc2)ccc1-c1ccccc1. The third kappa shape index (κ3) is 4.90. The van der Waals surface area contributed by atoms with Gasteiger partial charge in [0.2, 0.25) is 0 Å². The molecule has 1 heteroatoms. The molecule has 35 heavy (non-hydrogen) atoms. The topological polar surface area (TPSA) is 3.24 Å². The largest absolute Gasteiger partial charge is 0.336 e. The maximum Gasteiger partial charge on any atom is 0.0501 e. The van der Waals surface area contributed by atoms with Crippen molar-refractivity contribution in [1.29, 1.82) is 0 Å². The number of benzene rings is 5. The van der Waals surface area contributed by atoms with Crippen LogP contribution in [0, 0.1) is 0 Å². The van der Waals surface area contributed by atoms with E-state index >= 15 is 0 Å². The number of hydrogen-bond acceptors (Lipinski definition) is 1. The fraction of sp³-hybridized carbons (Fsp3) is 0.118. The monoisotopic (exact) mass is 453 g/mol. The minimum atomic E-state index is -0.132.